The molecule has 2 N–H and O–H groups in total. The van der Waals surface area contributed by atoms with Crippen LogP contribution in [0.3, 0.4) is 0 Å². The zero-order valence-electron chi connectivity index (χ0n) is 10.8. The van der Waals surface area contributed by atoms with Gasteiger partial charge in [0, 0.05) is 5.92 Å². The number of carbonyl (C=O) groups excluding carboxylic acids is 1. The van der Waals surface area contributed by atoms with E-state index in [1.54, 1.807) is 31.2 Å². The Labute approximate surface area is 112 Å². The Morgan fingerprint density at radius 3 is 2.63 bits per heavy atom. The molecule has 0 heterocycles. The summed E-state index contributed by atoms with van der Waals surface area (Å²) in [6.45, 7) is 2.68. The monoisotopic (exact) mass is 264 g/mol. The molecule has 1 fully saturated rings. The minimum Gasteiger partial charge on any atom is -0.493 e. The van der Waals surface area contributed by atoms with E-state index >= 15 is 0 Å². The molecule has 0 aliphatic heterocycles. The van der Waals surface area contributed by atoms with E-state index < -0.39 is 7.12 Å². The van der Waals surface area contributed by atoms with E-state index in [0.29, 0.717) is 24.4 Å². The molecule has 1 aromatic rings. The molecule has 5 nitrogen and oxygen atoms in total. The van der Waals surface area contributed by atoms with Crippen molar-refractivity contribution >= 4 is 18.6 Å². The fraction of sp³-hybridized carbons (Fsp3) is 0.462. The minimum atomic E-state index is -1.47. The van der Waals surface area contributed by atoms with Gasteiger partial charge < -0.3 is 19.5 Å². The Kier molecular flexibility index (Phi) is 4.45. The third-order valence-corrected chi connectivity index (χ3v) is 3.15. The summed E-state index contributed by atoms with van der Waals surface area (Å²) >= 11 is 0. The first-order chi connectivity index (χ1) is 9.11. The average molecular weight is 264 g/mol. The molecule has 0 bridgehead atoms. The van der Waals surface area contributed by atoms with Crippen molar-refractivity contribution in [2.75, 3.05) is 13.2 Å². The van der Waals surface area contributed by atoms with Crippen LogP contribution in [0.1, 0.15) is 13.3 Å². The smallest absolute Gasteiger partial charge is 0.488 e. The second kappa shape index (κ2) is 6.08. The summed E-state index contributed by atoms with van der Waals surface area (Å²) < 4.78 is 10.5. The lowest BCUT2D eigenvalue weighted by Gasteiger charge is -2.06. The van der Waals surface area contributed by atoms with Crippen molar-refractivity contribution in [2.45, 2.75) is 13.3 Å². The van der Waals surface area contributed by atoms with Crippen LogP contribution in [-0.4, -0.2) is 36.3 Å². The van der Waals surface area contributed by atoms with Gasteiger partial charge in [-0.1, -0.05) is 12.1 Å². The zero-order chi connectivity index (χ0) is 13.8. The Hall–Kier alpha value is -1.53. The third kappa shape index (κ3) is 3.72. The van der Waals surface area contributed by atoms with Gasteiger partial charge in [0.25, 0.3) is 0 Å². The van der Waals surface area contributed by atoms with Crippen molar-refractivity contribution in [3.8, 4) is 5.75 Å². The van der Waals surface area contributed by atoms with E-state index in [1.807, 2.05) is 0 Å². The maximum Gasteiger partial charge on any atom is 0.488 e. The van der Waals surface area contributed by atoms with Crippen LogP contribution in [0.4, 0.5) is 0 Å². The van der Waals surface area contributed by atoms with Gasteiger partial charge in [-0.3, -0.25) is 4.79 Å². The normalized spacial score (nSPS) is 20.8. The predicted octanol–water partition coefficient (Wildman–Crippen LogP) is -0.0556. The largest absolute Gasteiger partial charge is 0.493 e. The maximum atomic E-state index is 11.4. The van der Waals surface area contributed by atoms with Crippen LogP contribution in [0.2, 0.25) is 0 Å². The van der Waals surface area contributed by atoms with Gasteiger partial charge in [-0.05, 0) is 30.9 Å². The highest BCUT2D eigenvalue weighted by atomic mass is 16.5. The summed E-state index contributed by atoms with van der Waals surface area (Å²) in [5.74, 6) is 0.703. The van der Waals surface area contributed by atoms with Crippen molar-refractivity contribution in [2.24, 2.45) is 11.8 Å². The molecule has 0 radical (unpaired) electrons. The summed E-state index contributed by atoms with van der Waals surface area (Å²) in [6, 6.07) is 6.54. The first-order valence-electron chi connectivity index (χ1n) is 6.37. The Morgan fingerprint density at radius 2 is 2.05 bits per heavy atom. The van der Waals surface area contributed by atoms with Gasteiger partial charge in [0.2, 0.25) is 0 Å². The molecule has 2 rings (SSSR count). The first kappa shape index (κ1) is 13.9. The summed E-state index contributed by atoms with van der Waals surface area (Å²) in [5, 5.41) is 17.9. The average Bonchev–Trinajstić information content (AvgIpc) is 3.17. The van der Waals surface area contributed by atoms with Crippen molar-refractivity contribution in [1.82, 2.24) is 0 Å². The lowest BCUT2D eigenvalue weighted by Crippen LogP contribution is -2.29. The fourth-order valence-electron chi connectivity index (χ4n) is 1.91. The molecule has 0 spiro atoms. The quantitative estimate of drug-likeness (QED) is 0.556. The standard InChI is InChI=1S/C13H17BO5/c1-2-18-13(15)12-7-9(12)8-19-11-5-3-10(4-6-11)14(16)17/h3-6,9,12,16-17H,2,7-8H2,1H3/t9-,12+/m1/s1. The van der Waals surface area contributed by atoms with Crippen molar-refractivity contribution < 1.29 is 24.3 Å². The van der Waals surface area contributed by atoms with E-state index in [-0.39, 0.29) is 17.8 Å². The molecule has 0 amide bonds. The van der Waals surface area contributed by atoms with E-state index in [2.05, 4.69) is 0 Å². The molecule has 0 unspecified atom stereocenters. The van der Waals surface area contributed by atoms with Crippen LogP contribution in [-0.2, 0) is 9.53 Å². The van der Waals surface area contributed by atoms with Crippen LogP contribution >= 0.6 is 0 Å². The van der Waals surface area contributed by atoms with Gasteiger partial charge in [-0.2, -0.15) is 0 Å². The summed E-state index contributed by atoms with van der Waals surface area (Å²) in [4.78, 5) is 11.4. The summed E-state index contributed by atoms with van der Waals surface area (Å²) in [6.07, 6.45) is 0.812. The van der Waals surface area contributed by atoms with Gasteiger partial charge in [-0.15, -0.1) is 0 Å². The second-order valence-electron chi connectivity index (χ2n) is 4.61. The molecular formula is C13H17BO5. The number of ether oxygens (including phenoxy) is 2. The van der Waals surface area contributed by atoms with Crippen LogP contribution in [0, 0.1) is 11.8 Å². The highest BCUT2D eigenvalue weighted by Crippen LogP contribution is 2.39. The molecule has 1 aromatic carbocycles. The Bertz CT molecular complexity index is 431. The van der Waals surface area contributed by atoms with Crippen LogP contribution in [0.25, 0.3) is 0 Å². The molecule has 19 heavy (non-hydrogen) atoms. The van der Waals surface area contributed by atoms with E-state index in [0.717, 1.165) is 6.42 Å². The topological polar surface area (TPSA) is 76.0 Å². The second-order valence-corrected chi connectivity index (χ2v) is 4.61. The predicted molar refractivity (Wildman–Crippen MR) is 70.0 cm³/mol. The number of carbonyl (C=O) groups is 1. The number of hydrogen-bond acceptors (Lipinski definition) is 5. The fourth-order valence-corrected chi connectivity index (χ4v) is 1.91. The Morgan fingerprint density at radius 1 is 1.37 bits per heavy atom. The molecule has 0 saturated heterocycles. The molecule has 0 aromatic heterocycles. The van der Waals surface area contributed by atoms with Crippen molar-refractivity contribution in [3.63, 3.8) is 0 Å². The summed E-state index contributed by atoms with van der Waals surface area (Å²) in [7, 11) is -1.47. The van der Waals surface area contributed by atoms with E-state index in [1.165, 1.54) is 0 Å². The minimum absolute atomic E-state index is 0.0292. The summed E-state index contributed by atoms with van der Waals surface area (Å²) in [5.41, 5.74) is 0.420. The van der Waals surface area contributed by atoms with Crippen LogP contribution in [0.5, 0.6) is 5.75 Å². The van der Waals surface area contributed by atoms with E-state index in [4.69, 9.17) is 19.5 Å². The molecule has 102 valence electrons. The highest BCUT2D eigenvalue weighted by molar-refractivity contribution is 6.58. The van der Waals surface area contributed by atoms with Gasteiger partial charge in [-0.25, -0.2) is 0 Å². The van der Waals surface area contributed by atoms with E-state index in [9.17, 15) is 4.79 Å². The molecule has 2 atom stereocenters. The van der Waals surface area contributed by atoms with Crippen LogP contribution < -0.4 is 10.2 Å². The number of benzene rings is 1. The first-order valence-corrected chi connectivity index (χ1v) is 6.37. The lowest BCUT2D eigenvalue weighted by molar-refractivity contribution is -0.145. The SMILES string of the molecule is CCOC(=O)[C@H]1C[C@@H]1COc1ccc(B(O)O)cc1. The molecular weight excluding hydrogens is 247 g/mol. The number of rotatable bonds is 6. The molecule has 1 aliphatic rings. The Balaban J connectivity index is 1.76. The highest BCUT2D eigenvalue weighted by Gasteiger charge is 2.44. The molecule has 1 aliphatic carbocycles. The van der Waals surface area contributed by atoms with Gasteiger partial charge in [0.1, 0.15) is 5.75 Å². The third-order valence-electron chi connectivity index (χ3n) is 3.15. The zero-order valence-corrected chi connectivity index (χ0v) is 10.8. The van der Waals surface area contributed by atoms with Crippen molar-refractivity contribution in [1.29, 1.82) is 0 Å². The van der Waals surface area contributed by atoms with Gasteiger partial charge in [0.15, 0.2) is 0 Å². The maximum absolute atomic E-state index is 11.4. The van der Waals surface area contributed by atoms with Crippen molar-refractivity contribution in [3.05, 3.63) is 24.3 Å². The van der Waals surface area contributed by atoms with Crippen LogP contribution in [0.15, 0.2) is 24.3 Å². The molecule has 6 heteroatoms. The van der Waals surface area contributed by atoms with Gasteiger partial charge >= 0.3 is 13.1 Å². The van der Waals surface area contributed by atoms with Gasteiger partial charge in [0.05, 0.1) is 19.1 Å². The molecule has 1 saturated carbocycles. The number of esters is 1. The number of hydrogen-bond donors (Lipinski definition) is 2. The lowest BCUT2D eigenvalue weighted by atomic mass is 9.80.